The van der Waals surface area contributed by atoms with Crippen LogP contribution in [0.3, 0.4) is 0 Å². The topological polar surface area (TPSA) is 20.3 Å². The summed E-state index contributed by atoms with van der Waals surface area (Å²) in [4.78, 5) is 15.5. The van der Waals surface area contributed by atoms with Crippen molar-refractivity contribution >= 4 is 5.91 Å². The summed E-state index contributed by atoms with van der Waals surface area (Å²) in [7, 11) is 0. The molecule has 3 rings (SSSR count). The zero-order valence-corrected chi connectivity index (χ0v) is 15.4. The normalized spacial score (nSPS) is 29.6. The Morgan fingerprint density at radius 3 is 2.48 bits per heavy atom. The molecule has 2 atom stereocenters. The molecule has 0 aromatic heterocycles. The standard InChI is InChI=1S/C21H31NO/c1-19(2)12-17-13-21(5,14-19)15-22(17)18(23)20(3,4)11-16-9-7-6-8-10-16/h6-10,17H,11-15H2,1-5H3. The number of rotatable bonds is 3. The smallest absolute Gasteiger partial charge is 0.228 e. The first-order valence-electron chi connectivity index (χ1n) is 8.95. The number of hydrogen-bond acceptors (Lipinski definition) is 1. The second-order valence-electron chi connectivity index (χ2n) is 9.69. The van der Waals surface area contributed by atoms with Crippen LogP contribution in [0.4, 0.5) is 0 Å². The van der Waals surface area contributed by atoms with Crippen LogP contribution in [0.1, 0.15) is 59.4 Å². The lowest BCUT2D eigenvalue weighted by Crippen LogP contribution is -2.45. The number of likely N-dealkylation sites (tertiary alicyclic amines) is 1. The number of fused-ring (bicyclic) bond motifs is 2. The predicted molar refractivity (Wildman–Crippen MR) is 95.2 cm³/mol. The first kappa shape index (κ1) is 16.5. The summed E-state index contributed by atoms with van der Waals surface area (Å²) in [5.74, 6) is 0.341. The van der Waals surface area contributed by atoms with Gasteiger partial charge in [0.05, 0.1) is 0 Å². The number of hydrogen-bond donors (Lipinski definition) is 0. The van der Waals surface area contributed by atoms with E-state index in [1.54, 1.807) is 0 Å². The van der Waals surface area contributed by atoms with Crippen LogP contribution in [0.25, 0.3) is 0 Å². The fourth-order valence-corrected chi connectivity index (χ4v) is 5.27. The molecule has 23 heavy (non-hydrogen) atoms. The summed E-state index contributed by atoms with van der Waals surface area (Å²) in [6.45, 7) is 12.3. The summed E-state index contributed by atoms with van der Waals surface area (Å²) < 4.78 is 0. The third-order valence-corrected chi connectivity index (χ3v) is 5.74. The van der Waals surface area contributed by atoms with E-state index in [1.165, 1.54) is 18.4 Å². The maximum atomic E-state index is 13.3. The van der Waals surface area contributed by atoms with Crippen molar-refractivity contribution in [3.63, 3.8) is 0 Å². The van der Waals surface area contributed by atoms with Gasteiger partial charge >= 0.3 is 0 Å². The molecule has 2 heteroatoms. The second kappa shape index (κ2) is 5.36. The molecule has 1 aliphatic carbocycles. The fraction of sp³-hybridized carbons (Fsp3) is 0.667. The van der Waals surface area contributed by atoms with Crippen molar-refractivity contribution in [2.75, 3.05) is 6.54 Å². The maximum Gasteiger partial charge on any atom is 0.228 e. The molecule has 0 radical (unpaired) electrons. The first-order valence-corrected chi connectivity index (χ1v) is 8.95. The summed E-state index contributed by atoms with van der Waals surface area (Å²) in [5.41, 5.74) is 1.58. The van der Waals surface area contributed by atoms with Crippen LogP contribution >= 0.6 is 0 Å². The van der Waals surface area contributed by atoms with Gasteiger partial charge in [-0.05, 0) is 42.1 Å². The number of nitrogens with zero attached hydrogens (tertiary/aromatic N) is 1. The maximum absolute atomic E-state index is 13.3. The van der Waals surface area contributed by atoms with Gasteiger partial charge in [0.1, 0.15) is 0 Å². The van der Waals surface area contributed by atoms with E-state index in [1.807, 2.05) is 6.07 Å². The third kappa shape index (κ3) is 3.32. The van der Waals surface area contributed by atoms with Crippen molar-refractivity contribution in [3.05, 3.63) is 35.9 Å². The number of amides is 1. The lowest BCUT2D eigenvalue weighted by Gasteiger charge is -2.40. The van der Waals surface area contributed by atoms with Crippen LogP contribution in [0.2, 0.25) is 0 Å². The minimum Gasteiger partial charge on any atom is -0.339 e. The highest BCUT2D eigenvalue weighted by molar-refractivity contribution is 5.83. The molecular formula is C21H31NO. The van der Waals surface area contributed by atoms with Gasteiger partial charge in [-0.1, -0.05) is 65.0 Å². The zero-order chi connectivity index (χ0) is 16.9. The van der Waals surface area contributed by atoms with Crippen molar-refractivity contribution in [2.45, 2.75) is 66.3 Å². The molecule has 1 heterocycles. The minimum atomic E-state index is -0.334. The van der Waals surface area contributed by atoms with Gasteiger partial charge < -0.3 is 4.90 Å². The summed E-state index contributed by atoms with van der Waals surface area (Å²) in [6.07, 6.45) is 4.38. The van der Waals surface area contributed by atoms with Crippen LogP contribution in [0.5, 0.6) is 0 Å². The molecule has 0 N–H and O–H groups in total. The first-order chi connectivity index (χ1) is 10.6. The monoisotopic (exact) mass is 313 g/mol. The van der Waals surface area contributed by atoms with E-state index in [9.17, 15) is 4.79 Å². The summed E-state index contributed by atoms with van der Waals surface area (Å²) in [5, 5.41) is 0. The van der Waals surface area contributed by atoms with E-state index in [0.29, 0.717) is 22.8 Å². The molecule has 0 spiro atoms. The molecule has 1 amide bonds. The number of carbonyl (C=O) groups is 1. The van der Waals surface area contributed by atoms with Gasteiger partial charge in [-0.15, -0.1) is 0 Å². The lowest BCUT2D eigenvalue weighted by molar-refractivity contribution is -0.141. The van der Waals surface area contributed by atoms with E-state index in [-0.39, 0.29) is 5.41 Å². The van der Waals surface area contributed by atoms with Gasteiger partial charge in [-0.3, -0.25) is 4.79 Å². The van der Waals surface area contributed by atoms with Crippen LogP contribution in [0, 0.1) is 16.2 Å². The van der Waals surface area contributed by atoms with Crippen LogP contribution in [-0.2, 0) is 11.2 Å². The largest absolute Gasteiger partial charge is 0.339 e. The Morgan fingerprint density at radius 1 is 1.17 bits per heavy atom. The van der Waals surface area contributed by atoms with Crippen molar-refractivity contribution in [1.29, 1.82) is 0 Å². The van der Waals surface area contributed by atoms with Gasteiger partial charge in [0.15, 0.2) is 0 Å². The summed E-state index contributed by atoms with van der Waals surface area (Å²) >= 11 is 0. The molecule has 1 saturated carbocycles. The second-order valence-corrected chi connectivity index (χ2v) is 9.69. The molecule has 2 nitrogen and oxygen atoms in total. The van der Waals surface area contributed by atoms with Crippen molar-refractivity contribution in [2.24, 2.45) is 16.2 Å². The lowest BCUT2D eigenvalue weighted by atomic mass is 9.65. The van der Waals surface area contributed by atoms with E-state index in [4.69, 9.17) is 0 Å². The van der Waals surface area contributed by atoms with Crippen molar-refractivity contribution in [1.82, 2.24) is 4.90 Å². The van der Waals surface area contributed by atoms with E-state index in [0.717, 1.165) is 19.4 Å². The summed E-state index contributed by atoms with van der Waals surface area (Å²) in [6, 6.07) is 10.8. The number of benzene rings is 1. The Morgan fingerprint density at radius 2 is 1.83 bits per heavy atom. The Hall–Kier alpha value is -1.31. The highest BCUT2D eigenvalue weighted by Crippen LogP contribution is 2.53. The van der Waals surface area contributed by atoms with E-state index >= 15 is 0 Å². The molecule has 2 bridgehead atoms. The van der Waals surface area contributed by atoms with Gasteiger partial charge in [-0.25, -0.2) is 0 Å². The third-order valence-electron chi connectivity index (χ3n) is 5.74. The Bertz CT molecular complexity index is 589. The average molecular weight is 313 g/mol. The highest BCUT2D eigenvalue weighted by atomic mass is 16.2. The van der Waals surface area contributed by atoms with E-state index in [2.05, 4.69) is 63.8 Å². The molecule has 126 valence electrons. The van der Waals surface area contributed by atoms with Gasteiger partial charge in [0, 0.05) is 18.0 Å². The van der Waals surface area contributed by atoms with Crippen LogP contribution in [-0.4, -0.2) is 23.4 Å². The van der Waals surface area contributed by atoms with E-state index < -0.39 is 0 Å². The molecular weight excluding hydrogens is 282 g/mol. The minimum absolute atomic E-state index is 0.310. The Kier molecular flexibility index (Phi) is 3.85. The average Bonchev–Trinajstić information content (AvgIpc) is 2.67. The zero-order valence-electron chi connectivity index (χ0n) is 15.4. The molecule has 1 aromatic carbocycles. The SMILES string of the molecule is CC1(C)CC2CC(C)(CN2C(=O)C(C)(C)Cc2ccccc2)C1. The molecule has 1 saturated heterocycles. The molecule has 2 aliphatic rings. The van der Waals surface area contributed by atoms with Crippen molar-refractivity contribution < 1.29 is 4.79 Å². The van der Waals surface area contributed by atoms with Gasteiger partial charge in [-0.2, -0.15) is 0 Å². The molecule has 1 aromatic rings. The van der Waals surface area contributed by atoms with Crippen molar-refractivity contribution in [3.8, 4) is 0 Å². The Labute approximate surface area is 141 Å². The molecule has 1 aliphatic heterocycles. The predicted octanol–water partition coefficient (Wildman–Crippen LogP) is 4.68. The molecule has 2 unspecified atom stereocenters. The number of carbonyl (C=O) groups excluding carboxylic acids is 1. The quantitative estimate of drug-likeness (QED) is 0.793. The Balaban J connectivity index is 1.78. The van der Waals surface area contributed by atoms with Crippen LogP contribution in [0.15, 0.2) is 30.3 Å². The van der Waals surface area contributed by atoms with Gasteiger partial charge in [0.25, 0.3) is 0 Å². The highest BCUT2D eigenvalue weighted by Gasteiger charge is 2.52. The molecule has 2 fully saturated rings. The van der Waals surface area contributed by atoms with Gasteiger partial charge in [0.2, 0.25) is 5.91 Å². The fourth-order valence-electron chi connectivity index (χ4n) is 5.27. The van der Waals surface area contributed by atoms with Crippen LogP contribution < -0.4 is 0 Å².